The molecular weight excluding hydrogens is 1080 g/mol. The average molecular weight is 1160 g/mol. The number of aryl methyl sites for hydroxylation is 6. The van der Waals surface area contributed by atoms with Crippen LogP contribution < -0.4 is 0 Å². The molecule has 0 fully saturated rings. The van der Waals surface area contributed by atoms with E-state index in [4.69, 9.17) is 0 Å². The minimum absolute atomic E-state index is 1.28. The van der Waals surface area contributed by atoms with Crippen molar-refractivity contribution < 1.29 is 0 Å². The SMILES string of the molecule is Cc1ccc(-c2cccc3ccccc23)cc1.Cc1ccc2ccccc2c1.Cc1cccc(-c2cccc3ccccc23)c1.Cc1cccc2c(-c3ccccc3)cccc12.Cc1cccc2ccccc12.Cc1ccccc1-c1cccc2ccccc12. The van der Waals surface area contributed by atoms with Crippen LogP contribution in [-0.4, -0.2) is 0 Å². The van der Waals surface area contributed by atoms with Crippen molar-refractivity contribution >= 4 is 64.6 Å². The number of hydrogen-bond acceptors (Lipinski definition) is 0. The van der Waals surface area contributed by atoms with E-state index in [1.165, 1.54) is 143 Å². The molecule has 0 aliphatic carbocycles. The van der Waals surface area contributed by atoms with Gasteiger partial charge in [-0.2, -0.15) is 0 Å². The predicted octanol–water partition coefficient (Wildman–Crippen LogP) is 25.6. The van der Waals surface area contributed by atoms with Crippen LogP contribution in [0.1, 0.15) is 33.4 Å². The second-order valence-electron chi connectivity index (χ2n) is 23.1. The highest BCUT2D eigenvalue weighted by Gasteiger charge is 2.08. The van der Waals surface area contributed by atoms with Crippen LogP contribution in [0.3, 0.4) is 0 Å². The molecule has 0 radical (unpaired) electrons. The maximum atomic E-state index is 2.24. The van der Waals surface area contributed by atoms with E-state index in [1.807, 2.05) is 0 Å². The van der Waals surface area contributed by atoms with Crippen molar-refractivity contribution in [1.29, 1.82) is 0 Å². The standard InChI is InChI=1S/4C17H14.2C11H10/c1-13-7-2-4-10-15(13)17-12-6-9-14-8-3-5-11-16(14)17;1-13-6-4-9-15(12-13)17-11-5-8-14-7-2-3-10-16(14)17;1-13-9-11-15(12-10-13)17-8-4-6-14-5-2-3-7-16(14)17;1-13-7-5-12-17-15(13)10-6-11-16(17)14-8-3-2-4-9-14;1-9-5-4-7-10-6-2-3-8-11(9)10;1-9-6-7-10-4-2-3-5-11(10)8-9/h4*2-12H,1H3;2*2-8H,1H3. The summed E-state index contributed by atoms with van der Waals surface area (Å²) in [5.74, 6) is 0. The molecule has 0 unspecified atom stereocenters. The van der Waals surface area contributed by atoms with Crippen LogP contribution in [0.15, 0.2) is 352 Å². The average Bonchev–Trinajstić information content (AvgIpc) is 1.48. The third-order valence-electron chi connectivity index (χ3n) is 16.6. The van der Waals surface area contributed by atoms with Crippen molar-refractivity contribution in [2.45, 2.75) is 41.5 Å². The van der Waals surface area contributed by atoms with Gasteiger partial charge in [0, 0.05) is 0 Å². The molecular formula is C90H76. The molecule has 16 aromatic rings. The molecule has 0 nitrogen and oxygen atoms in total. The quantitative estimate of drug-likeness (QED) is 0.165. The third-order valence-corrected chi connectivity index (χ3v) is 16.6. The van der Waals surface area contributed by atoms with Gasteiger partial charge in [-0.25, -0.2) is 0 Å². The highest BCUT2D eigenvalue weighted by atomic mass is 14.1. The van der Waals surface area contributed by atoms with Crippen LogP contribution in [0.5, 0.6) is 0 Å². The van der Waals surface area contributed by atoms with Crippen molar-refractivity contribution in [3.63, 3.8) is 0 Å². The third kappa shape index (κ3) is 15.1. The zero-order valence-electron chi connectivity index (χ0n) is 52.5. The van der Waals surface area contributed by atoms with Crippen LogP contribution in [0.25, 0.3) is 109 Å². The van der Waals surface area contributed by atoms with Gasteiger partial charge in [-0.15, -0.1) is 0 Å². The molecule has 0 bridgehead atoms. The monoisotopic (exact) mass is 1160 g/mol. The van der Waals surface area contributed by atoms with Gasteiger partial charge < -0.3 is 0 Å². The molecule has 0 saturated carbocycles. The van der Waals surface area contributed by atoms with Crippen molar-refractivity contribution in [3.05, 3.63) is 385 Å². The fourth-order valence-electron chi connectivity index (χ4n) is 11.9. The Morgan fingerprint density at radius 2 is 0.478 bits per heavy atom. The lowest BCUT2D eigenvalue weighted by molar-refractivity contribution is 1.47. The van der Waals surface area contributed by atoms with E-state index in [0.29, 0.717) is 0 Å². The number of rotatable bonds is 4. The second kappa shape index (κ2) is 29.7. The first kappa shape index (κ1) is 60.8. The molecule has 436 valence electrons. The Bertz CT molecular complexity index is 4980. The topological polar surface area (TPSA) is 0 Å². The van der Waals surface area contributed by atoms with E-state index in [1.54, 1.807) is 0 Å². The normalized spacial score (nSPS) is 10.6. The summed E-state index contributed by atoms with van der Waals surface area (Å²) in [5, 5.41) is 15.9. The van der Waals surface area contributed by atoms with Gasteiger partial charge in [-0.1, -0.05) is 369 Å². The largest absolute Gasteiger partial charge is 0.0622 e. The molecule has 0 N–H and O–H groups in total. The molecule has 0 atom stereocenters. The molecule has 0 amide bonds. The van der Waals surface area contributed by atoms with Crippen molar-refractivity contribution in [2.75, 3.05) is 0 Å². The maximum Gasteiger partial charge on any atom is -0.0103 e. The summed E-state index contributed by atoms with van der Waals surface area (Å²) in [6, 6.07) is 124. The summed E-state index contributed by atoms with van der Waals surface area (Å²) >= 11 is 0. The smallest absolute Gasteiger partial charge is 0.0103 e. The zero-order valence-corrected chi connectivity index (χ0v) is 52.5. The highest BCUT2D eigenvalue weighted by molar-refractivity contribution is 6.00. The highest BCUT2D eigenvalue weighted by Crippen LogP contribution is 2.34. The van der Waals surface area contributed by atoms with Gasteiger partial charge in [0.05, 0.1) is 0 Å². The summed E-state index contributed by atoms with van der Waals surface area (Å²) in [6.45, 7) is 12.8. The van der Waals surface area contributed by atoms with Gasteiger partial charge in [0.1, 0.15) is 0 Å². The fraction of sp³-hybridized carbons (Fsp3) is 0.0667. The first-order valence-corrected chi connectivity index (χ1v) is 31.2. The van der Waals surface area contributed by atoms with Gasteiger partial charge in [0.2, 0.25) is 0 Å². The predicted molar refractivity (Wildman–Crippen MR) is 394 cm³/mol. The van der Waals surface area contributed by atoms with E-state index >= 15 is 0 Å². The van der Waals surface area contributed by atoms with E-state index < -0.39 is 0 Å². The first-order chi connectivity index (χ1) is 44.1. The van der Waals surface area contributed by atoms with Gasteiger partial charge in [-0.3, -0.25) is 0 Å². The van der Waals surface area contributed by atoms with Crippen LogP contribution in [-0.2, 0) is 0 Å². The Hall–Kier alpha value is -10.9. The van der Waals surface area contributed by atoms with Crippen molar-refractivity contribution in [1.82, 2.24) is 0 Å². The lowest BCUT2D eigenvalue weighted by atomic mass is 9.95. The van der Waals surface area contributed by atoms with Crippen LogP contribution in [0.4, 0.5) is 0 Å². The number of hydrogen-bond donors (Lipinski definition) is 0. The van der Waals surface area contributed by atoms with Gasteiger partial charge in [0.15, 0.2) is 0 Å². The van der Waals surface area contributed by atoms with Crippen LogP contribution in [0, 0.1) is 41.5 Å². The molecule has 0 aliphatic heterocycles. The Kier molecular flexibility index (Phi) is 20.0. The van der Waals surface area contributed by atoms with E-state index in [-0.39, 0.29) is 0 Å². The molecule has 0 saturated heterocycles. The summed E-state index contributed by atoms with van der Waals surface area (Å²) in [6.07, 6.45) is 0. The van der Waals surface area contributed by atoms with Crippen molar-refractivity contribution in [2.24, 2.45) is 0 Å². The summed E-state index contributed by atoms with van der Waals surface area (Å²) in [4.78, 5) is 0. The summed E-state index contributed by atoms with van der Waals surface area (Å²) in [7, 11) is 0. The summed E-state index contributed by atoms with van der Waals surface area (Å²) < 4.78 is 0. The van der Waals surface area contributed by atoms with E-state index in [0.717, 1.165) is 0 Å². The van der Waals surface area contributed by atoms with E-state index in [9.17, 15) is 0 Å². The Balaban J connectivity index is 0.000000112. The Labute approximate surface area is 532 Å². The lowest BCUT2D eigenvalue weighted by Crippen LogP contribution is -1.84. The van der Waals surface area contributed by atoms with Gasteiger partial charge in [-0.05, 0) is 167 Å². The Morgan fingerprint density at radius 1 is 0.144 bits per heavy atom. The molecule has 0 aromatic heterocycles. The molecule has 16 rings (SSSR count). The molecule has 90 heavy (non-hydrogen) atoms. The fourth-order valence-corrected chi connectivity index (χ4v) is 11.9. The summed E-state index contributed by atoms with van der Waals surface area (Å²) in [5.41, 5.74) is 18.4. The second-order valence-corrected chi connectivity index (χ2v) is 23.1. The van der Waals surface area contributed by atoms with Crippen LogP contribution in [0.2, 0.25) is 0 Å². The van der Waals surface area contributed by atoms with Crippen molar-refractivity contribution in [3.8, 4) is 44.5 Å². The molecule has 0 heterocycles. The Morgan fingerprint density at radius 3 is 1.07 bits per heavy atom. The molecule has 0 aliphatic rings. The molecule has 16 aromatic carbocycles. The maximum absolute atomic E-state index is 2.24. The minimum atomic E-state index is 1.28. The number of benzene rings is 16. The first-order valence-electron chi connectivity index (χ1n) is 31.2. The van der Waals surface area contributed by atoms with Gasteiger partial charge >= 0.3 is 0 Å². The van der Waals surface area contributed by atoms with E-state index in [2.05, 4.69) is 393 Å². The lowest BCUT2D eigenvalue weighted by Gasteiger charge is -2.09. The zero-order chi connectivity index (χ0) is 62.0. The molecule has 0 spiro atoms. The molecule has 0 heteroatoms. The van der Waals surface area contributed by atoms with Crippen LogP contribution >= 0.6 is 0 Å². The number of fused-ring (bicyclic) bond motifs is 6. The minimum Gasteiger partial charge on any atom is -0.0622 e. The van der Waals surface area contributed by atoms with Gasteiger partial charge in [0.25, 0.3) is 0 Å².